The van der Waals surface area contributed by atoms with E-state index in [0.717, 1.165) is 30.6 Å². The fourth-order valence-corrected chi connectivity index (χ4v) is 2.69. The molecule has 0 radical (unpaired) electrons. The van der Waals surface area contributed by atoms with Gasteiger partial charge in [0.2, 0.25) is 5.27 Å². The van der Waals surface area contributed by atoms with Crippen LogP contribution >= 0.6 is 0 Å². The number of rotatable bonds is 3. The van der Waals surface area contributed by atoms with Gasteiger partial charge in [-0.15, -0.1) is 5.01 Å². The minimum Gasteiger partial charge on any atom is -1.00 e. The van der Waals surface area contributed by atoms with Crippen LogP contribution in [0.15, 0.2) is 28.8 Å². The van der Waals surface area contributed by atoms with E-state index in [4.69, 9.17) is 10.3 Å². The molecule has 0 amide bonds. The molecular formula is C14H19ClN4O. The predicted molar refractivity (Wildman–Crippen MR) is 73.0 cm³/mol. The molecule has 6 heteroatoms. The Bertz CT molecular complexity index is 599. The Kier molecular flexibility index (Phi) is 4.18. The van der Waals surface area contributed by atoms with E-state index < -0.39 is 0 Å². The van der Waals surface area contributed by atoms with Crippen molar-refractivity contribution in [2.75, 3.05) is 17.3 Å². The number of nitrogen functional groups attached to an aromatic ring is 1. The largest absolute Gasteiger partial charge is 1.00 e. The molecule has 1 unspecified atom stereocenters. The number of benzene rings is 1. The molecule has 0 aliphatic carbocycles. The normalized spacial score (nSPS) is 16.3. The zero-order chi connectivity index (χ0) is 13.4. The third-order valence-corrected chi connectivity index (χ3v) is 3.75. The van der Waals surface area contributed by atoms with Crippen LogP contribution in [0.1, 0.15) is 38.3 Å². The van der Waals surface area contributed by atoms with Crippen molar-refractivity contribution in [2.45, 2.75) is 32.7 Å². The van der Waals surface area contributed by atoms with Crippen molar-refractivity contribution in [1.29, 1.82) is 0 Å². The average Bonchev–Trinajstić information content (AvgIpc) is 2.81. The second-order valence-corrected chi connectivity index (χ2v) is 4.96. The van der Waals surface area contributed by atoms with Gasteiger partial charge in [0.25, 0.3) is 0 Å². The fraction of sp³-hybridized carbons (Fsp3) is 0.429. The van der Waals surface area contributed by atoms with Gasteiger partial charge in [0.05, 0.1) is 16.9 Å². The summed E-state index contributed by atoms with van der Waals surface area (Å²) in [7, 11) is 0. The number of unbranched alkanes of at least 4 members (excludes halogenated alkanes) is 1. The Morgan fingerprint density at radius 3 is 2.90 bits per heavy atom. The monoisotopic (exact) mass is 294 g/mol. The highest BCUT2D eigenvalue weighted by atomic mass is 35.5. The standard InChI is InChI=1S/C14H19N4O.ClH/c1-3-4-9-17-10(2)11-7-5-6-8-12(11)13-14(15)19-16-18(13)17;/h5-8,10H,3-4,9,15H2,1-2H3;1H/q+1;/p-1. The van der Waals surface area contributed by atoms with Crippen molar-refractivity contribution in [3.63, 3.8) is 0 Å². The molecule has 5 nitrogen and oxygen atoms in total. The minimum atomic E-state index is 0. The van der Waals surface area contributed by atoms with Crippen molar-refractivity contribution in [3.05, 3.63) is 29.8 Å². The predicted octanol–water partition coefficient (Wildman–Crippen LogP) is -0.972. The van der Waals surface area contributed by atoms with Crippen LogP contribution in [-0.4, -0.2) is 11.8 Å². The summed E-state index contributed by atoms with van der Waals surface area (Å²) in [5.41, 5.74) is 9.19. The van der Waals surface area contributed by atoms with Gasteiger partial charge in [-0.1, -0.05) is 31.5 Å². The number of nitrogens with two attached hydrogens (primary N) is 1. The first kappa shape index (κ1) is 14.7. The molecule has 2 aromatic rings. The van der Waals surface area contributed by atoms with Gasteiger partial charge >= 0.3 is 11.6 Å². The van der Waals surface area contributed by atoms with Crippen LogP contribution in [0.5, 0.6) is 0 Å². The lowest BCUT2D eigenvalue weighted by atomic mass is 9.96. The highest BCUT2D eigenvalue weighted by Crippen LogP contribution is 2.34. The summed E-state index contributed by atoms with van der Waals surface area (Å²) in [5, 5.41) is 6.29. The van der Waals surface area contributed by atoms with Crippen LogP contribution in [0.4, 0.5) is 5.88 Å². The van der Waals surface area contributed by atoms with Gasteiger partial charge in [-0.25, -0.2) is 0 Å². The fourth-order valence-electron chi connectivity index (χ4n) is 2.69. The Balaban J connectivity index is 0.00000147. The van der Waals surface area contributed by atoms with E-state index >= 15 is 0 Å². The molecule has 1 aromatic carbocycles. The van der Waals surface area contributed by atoms with E-state index in [1.54, 1.807) is 0 Å². The van der Waals surface area contributed by atoms with Crippen molar-refractivity contribution in [2.24, 2.45) is 0 Å². The molecule has 0 fully saturated rings. The third-order valence-electron chi connectivity index (χ3n) is 3.75. The molecule has 1 aromatic heterocycles. The maximum absolute atomic E-state index is 5.94. The number of fused-ring (bicyclic) bond motifs is 3. The van der Waals surface area contributed by atoms with Gasteiger partial charge in [-0.2, -0.15) is 0 Å². The Hall–Kier alpha value is -1.75. The molecule has 0 bridgehead atoms. The van der Waals surface area contributed by atoms with Gasteiger partial charge in [0, 0.05) is 0 Å². The Morgan fingerprint density at radius 1 is 1.40 bits per heavy atom. The van der Waals surface area contributed by atoms with Gasteiger partial charge in [0.1, 0.15) is 6.04 Å². The van der Waals surface area contributed by atoms with Crippen molar-refractivity contribution < 1.29 is 21.7 Å². The van der Waals surface area contributed by atoms with Crippen LogP contribution in [0, 0.1) is 0 Å². The quantitative estimate of drug-likeness (QED) is 0.740. The number of anilines is 1. The lowest BCUT2D eigenvalue weighted by Gasteiger charge is -2.27. The summed E-state index contributed by atoms with van der Waals surface area (Å²) in [5.74, 6) is 0.376. The van der Waals surface area contributed by atoms with E-state index in [2.05, 4.69) is 42.3 Å². The number of nitrogens with zero attached hydrogens (tertiary/aromatic N) is 3. The lowest BCUT2D eigenvalue weighted by molar-refractivity contribution is -0.754. The lowest BCUT2D eigenvalue weighted by Crippen LogP contribution is -3.00. The number of aromatic nitrogens is 2. The maximum atomic E-state index is 5.94. The summed E-state index contributed by atoms with van der Waals surface area (Å²) in [4.78, 5) is 1.82. The number of hydrogen-bond acceptors (Lipinski definition) is 4. The van der Waals surface area contributed by atoms with Gasteiger partial charge in [-0.05, 0) is 25.0 Å². The second kappa shape index (κ2) is 5.71. The molecule has 2 N–H and O–H groups in total. The molecule has 20 heavy (non-hydrogen) atoms. The van der Waals surface area contributed by atoms with E-state index in [-0.39, 0.29) is 18.4 Å². The number of hydrogen-bond donors (Lipinski definition) is 1. The highest BCUT2D eigenvalue weighted by Gasteiger charge is 2.40. The Labute approximate surface area is 124 Å². The summed E-state index contributed by atoms with van der Waals surface area (Å²) in [6, 6.07) is 8.57. The van der Waals surface area contributed by atoms with Crippen LogP contribution in [-0.2, 0) is 0 Å². The molecule has 0 saturated heterocycles. The van der Waals surface area contributed by atoms with Crippen LogP contribution < -0.4 is 27.9 Å². The van der Waals surface area contributed by atoms with Gasteiger partial charge in [-0.3, -0.25) is 4.52 Å². The molecule has 1 aliphatic heterocycles. The molecule has 3 rings (SSSR count). The molecule has 0 saturated carbocycles. The zero-order valence-electron chi connectivity index (χ0n) is 11.7. The third kappa shape index (κ3) is 2.12. The van der Waals surface area contributed by atoms with E-state index in [0.29, 0.717) is 5.88 Å². The molecule has 1 aliphatic rings. The molecule has 2 heterocycles. The first-order chi connectivity index (χ1) is 9.24. The molecule has 0 spiro atoms. The van der Waals surface area contributed by atoms with E-state index in [9.17, 15) is 0 Å². The van der Waals surface area contributed by atoms with Crippen LogP contribution in [0.25, 0.3) is 11.3 Å². The molecule has 108 valence electrons. The summed E-state index contributed by atoms with van der Waals surface area (Å²) in [6.45, 7) is 5.32. The summed E-state index contributed by atoms with van der Waals surface area (Å²) >= 11 is 0. The second-order valence-electron chi connectivity index (χ2n) is 4.96. The van der Waals surface area contributed by atoms with Gasteiger partial charge in [0.15, 0.2) is 0 Å². The first-order valence-electron chi connectivity index (χ1n) is 6.77. The van der Waals surface area contributed by atoms with E-state index in [1.807, 2.05) is 10.9 Å². The molecule has 1 atom stereocenters. The Morgan fingerprint density at radius 2 is 2.15 bits per heavy atom. The SMILES string of the molecule is CCCCN1C(C)c2ccccc2-c2c(N)on[n+]21.[Cl-]. The minimum absolute atomic E-state index is 0. The van der Waals surface area contributed by atoms with Crippen LogP contribution in [0.3, 0.4) is 0 Å². The average molecular weight is 295 g/mol. The highest BCUT2D eigenvalue weighted by molar-refractivity contribution is 5.70. The first-order valence-corrected chi connectivity index (χ1v) is 6.77. The maximum Gasteiger partial charge on any atom is 0.338 e. The summed E-state index contributed by atoms with van der Waals surface area (Å²) < 4.78 is 5.18. The zero-order valence-corrected chi connectivity index (χ0v) is 12.5. The smallest absolute Gasteiger partial charge is 0.338 e. The van der Waals surface area contributed by atoms with Crippen LogP contribution in [0.2, 0.25) is 0 Å². The van der Waals surface area contributed by atoms with Gasteiger partial charge < -0.3 is 18.1 Å². The topological polar surface area (TPSA) is 59.2 Å². The molecular weight excluding hydrogens is 276 g/mol. The van der Waals surface area contributed by atoms with Crippen molar-refractivity contribution >= 4 is 5.88 Å². The van der Waals surface area contributed by atoms with Crippen molar-refractivity contribution in [3.8, 4) is 11.3 Å². The van der Waals surface area contributed by atoms with E-state index in [1.165, 1.54) is 5.56 Å². The summed E-state index contributed by atoms with van der Waals surface area (Å²) in [6.07, 6.45) is 2.26. The number of halogens is 1. The van der Waals surface area contributed by atoms with Crippen molar-refractivity contribution in [1.82, 2.24) is 5.27 Å².